The Bertz CT molecular complexity index is 459. The summed E-state index contributed by atoms with van der Waals surface area (Å²) in [6.45, 7) is 1.95. The number of anilines is 1. The van der Waals surface area contributed by atoms with Crippen LogP contribution in [0.25, 0.3) is 0 Å². The Kier molecular flexibility index (Phi) is 4.35. The summed E-state index contributed by atoms with van der Waals surface area (Å²) in [5, 5.41) is 5.20. The molecule has 5 heteroatoms. The van der Waals surface area contributed by atoms with Crippen molar-refractivity contribution in [3.05, 3.63) is 29.8 Å². The highest BCUT2D eigenvalue weighted by Crippen LogP contribution is 2.27. The summed E-state index contributed by atoms with van der Waals surface area (Å²) < 4.78 is 26.1. The molecule has 0 aromatic heterocycles. The van der Waals surface area contributed by atoms with Crippen LogP contribution in [-0.2, 0) is 0 Å². The largest absolute Gasteiger partial charge is 0.335 e. The summed E-state index contributed by atoms with van der Waals surface area (Å²) in [6.07, 6.45) is 4.63. The van der Waals surface area contributed by atoms with Crippen LogP contribution in [-0.4, -0.2) is 12.1 Å². The van der Waals surface area contributed by atoms with Gasteiger partial charge in [0.2, 0.25) is 0 Å². The van der Waals surface area contributed by atoms with Crippen molar-refractivity contribution in [3.8, 4) is 0 Å². The molecule has 0 radical (unpaired) electrons. The maximum atomic E-state index is 13.4. The molecule has 0 saturated heterocycles. The van der Waals surface area contributed by atoms with Crippen LogP contribution in [0, 0.1) is 17.6 Å². The van der Waals surface area contributed by atoms with E-state index in [0.29, 0.717) is 5.92 Å². The Hall–Kier alpha value is -1.65. The Morgan fingerprint density at radius 2 is 2.00 bits per heavy atom. The standard InChI is InChI=1S/C14H18F2N2O/c1-9(10-4-2-3-5-10)17-14(19)18-13-7-6-11(15)8-12(13)16/h6-10H,2-5H2,1H3,(H2,17,18,19). The number of carbonyl (C=O) groups is 1. The number of nitrogens with one attached hydrogen (secondary N) is 2. The number of amides is 2. The molecule has 1 aliphatic rings. The molecular formula is C14H18F2N2O. The highest BCUT2D eigenvalue weighted by molar-refractivity contribution is 5.89. The molecule has 0 bridgehead atoms. The monoisotopic (exact) mass is 268 g/mol. The van der Waals surface area contributed by atoms with Gasteiger partial charge in [0.25, 0.3) is 0 Å². The quantitative estimate of drug-likeness (QED) is 0.863. The first-order valence-electron chi connectivity index (χ1n) is 6.59. The van der Waals surface area contributed by atoms with Gasteiger partial charge in [-0.3, -0.25) is 0 Å². The van der Waals surface area contributed by atoms with Gasteiger partial charge in [-0.05, 0) is 37.8 Å². The van der Waals surface area contributed by atoms with Crippen LogP contribution >= 0.6 is 0 Å². The number of rotatable bonds is 3. The molecule has 1 saturated carbocycles. The molecule has 2 rings (SSSR count). The molecule has 19 heavy (non-hydrogen) atoms. The van der Waals surface area contributed by atoms with Gasteiger partial charge in [0.05, 0.1) is 5.69 Å². The third-order valence-corrected chi connectivity index (χ3v) is 3.65. The van der Waals surface area contributed by atoms with Gasteiger partial charge in [0.1, 0.15) is 11.6 Å². The van der Waals surface area contributed by atoms with Gasteiger partial charge in [0.15, 0.2) is 0 Å². The molecule has 0 aliphatic heterocycles. The minimum absolute atomic E-state index is 0.0162. The lowest BCUT2D eigenvalue weighted by molar-refractivity contribution is 0.244. The Morgan fingerprint density at radius 3 is 2.63 bits per heavy atom. The van der Waals surface area contributed by atoms with Gasteiger partial charge >= 0.3 is 6.03 Å². The summed E-state index contributed by atoms with van der Waals surface area (Å²) in [4.78, 5) is 11.7. The van der Waals surface area contributed by atoms with Crippen molar-refractivity contribution in [1.82, 2.24) is 5.32 Å². The van der Waals surface area contributed by atoms with Crippen molar-refractivity contribution in [3.63, 3.8) is 0 Å². The summed E-state index contributed by atoms with van der Waals surface area (Å²) in [5.41, 5.74) is -0.0162. The van der Waals surface area contributed by atoms with E-state index in [-0.39, 0.29) is 11.7 Å². The molecule has 0 spiro atoms. The molecule has 1 aliphatic carbocycles. The van der Waals surface area contributed by atoms with Crippen molar-refractivity contribution in [2.45, 2.75) is 38.6 Å². The highest BCUT2D eigenvalue weighted by Gasteiger charge is 2.22. The maximum Gasteiger partial charge on any atom is 0.319 e. The van der Waals surface area contributed by atoms with E-state index in [1.807, 2.05) is 6.92 Å². The number of carbonyl (C=O) groups excluding carboxylic acids is 1. The topological polar surface area (TPSA) is 41.1 Å². The molecule has 3 nitrogen and oxygen atoms in total. The fourth-order valence-corrected chi connectivity index (χ4v) is 2.53. The van der Waals surface area contributed by atoms with Crippen molar-refractivity contribution >= 4 is 11.7 Å². The SMILES string of the molecule is CC(NC(=O)Nc1ccc(F)cc1F)C1CCCC1. The van der Waals surface area contributed by atoms with Crippen LogP contribution in [0.5, 0.6) is 0 Å². The van der Waals surface area contributed by atoms with Crippen molar-refractivity contribution in [2.75, 3.05) is 5.32 Å². The minimum atomic E-state index is -0.774. The van der Waals surface area contributed by atoms with Crippen LogP contribution in [0.1, 0.15) is 32.6 Å². The van der Waals surface area contributed by atoms with Crippen LogP contribution in [0.15, 0.2) is 18.2 Å². The molecule has 1 aromatic carbocycles. The Labute approximate surface area is 111 Å². The lowest BCUT2D eigenvalue weighted by Crippen LogP contribution is -2.40. The number of hydrogen-bond acceptors (Lipinski definition) is 1. The average molecular weight is 268 g/mol. The van der Waals surface area contributed by atoms with Gasteiger partial charge in [-0.2, -0.15) is 0 Å². The van der Waals surface area contributed by atoms with E-state index in [9.17, 15) is 13.6 Å². The van der Waals surface area contributed by atoms with Crippen LogP contribution in [0.4, 0.5) is 19.3 Å². The molecule has 0 heterocycles. The minimum Gasteiger partial charge on any atom is -0.335 e. The fourth-order valence-electron chi connectivity index (χ4n) is 2.53. The molecule has 1 unspecified atom stereocenters. The molecule has 2 N–H and O–H groups in total. The van der Waals surface area contributed by atoms with Gasteiger partial charge in [-0.15, -0.1) is 0 Å². The number of halogens is 2. The van der Waals surface area contributed by atoms with Crippen LogP contribution in [0.3, 0.4) is 0 Å². The van der Waals surface area contributed by atoms with Gasteiger partial charge in [-0.1, -0.05) is 12.8 Å². The first-order valence-corrected chi connectivity index (χ1v) is 6.59. The predicted octanol–water partition coefficient (Wildman–Crippen LogP) is 3.67. The summed E-state index contributed by atoms with van der Waals surface area (Å²) in [6, 6.07) is 2.68. The highest BCUT2D eigenvalue weighted by atomic mass is 19.1. The third kappa shape index (κ3) is 3.66. The van der Waals surface area contributed by atoms with Crippen molar-refractivity contribution in [1.29, 1.82) is 0 Å². The van der Waals surface area contributed by atoms with Gasteiger partial charge in [0, 0.05) is 12.1 Å². The van der Waals surface area contributed by atoms with E-state index in [0.717, 1.165) is 25.0 Å². The lowest BCUT2D eigenvalue weighted by atomic mass is 10.0. The van der Waals surface area contributed by atoms with E-state index in [1.54, 1.807) is 0 Å². The maximum absolute atomic E-state index is 13.4. The first kappa shape index (κ1) is 13.8. The molecule has 104 valence electrons. The number of urea groups is 1. The lowest BCUT2D eigenvalue weighted by Gasteiger charge is -2.20. The predicted molar refractivity (Wildman–Crippen MR) is 69.9 cm³/mol. The Balaban J connectivity index is 1.89. The third-order valence-electron chi connectivity index (χ3n) is 3.65. The normalized spacial score (nSPS) is 17.2. The number of benzene rings is 1. The second-order valence-electron chi connectivity index (χ2n) is 5.06. The Morgan fingerprint density at radius 1 is 1.32 bits per heavy atom. The van der Waals surface area contributed by atoms with E-state index in [1.165, 1.54) is 18.9 Å². The molecular weight excluding hydrogens is 250 g/mol. The fraction of sp³-hybridized carbons (Fsp3) is 0.500. The van der Waals surface area contributed by atoms with E-state index >= 15 is 0 Å². The van der Waals surface area contributed by atoms with Crippen LogP contribution in [0.2, 0.25) is 0 Å². The van der Waals surface area contributed by atoms with Gasteiger partial charge < -0.3 is 10.6 Å². The second kappa shape index (κ2) is 5.99. The van der Waals surface area contributed by atoms with Gasteiger partial charge in [-0.25, -0.2) is 13.6 Å². The molecule has 2 amide bonds. The van der Waals surface area contributed by atoms with Crippen LogP contribution < -0.4 is 10.6 Å². The number of hydrogen-bond donors (Lipinski definition) is 2. The average Bonchev–Trinajstić information content (AvgIpc) is 2.86. The zero-order valence-electron chi connectivity index (χ0n) is 10.9. The zero-order chi connectivity index (χ0) is 13.8. The summed E-state index contributed by atoms with van der Waals surface area (Å²) >= 11 is 0. The first-order chi connectivity index (χ1) is 9.06. The summed E-state index contributed by atoms with van der Waals surface area (Å²) in [7, 11) is 0. The van der Waals surface area contributed by atoms with E-state index in [2.05, 4.69) is 10.6 Å². The van der Waals surface area contributed by atoms with Crippen molar-refractivity contribution < 1.29 is 13.6 Å². The second-order valence-corrected chi connectivity index (χ2v) is 5.06. The van der Waals surface area contributed by atoms with E-state index in [4.69, 9.17) is 0 Å². The smallest absolute Gasteiger partial charge is 0.319 e. The van der Waals surface area contributed by atoms with E-state index < -0.39 is 17.7 Å². The summed E-state index contributed by atoms with van der Waals surface area (Å²) in [5.74, 6) is -0.949. The molecule has 1 atom stereocenters. The molecule has 1 fully saturated rings. The zero-order valence-corrected chi connectivity index (χ0v) is 10.9. The molecule has 1 aromatic rings. The van der Waals surface area contributed by atoms with Crippen molar-refractivity contribution in [2.24, 2.45) is 5.92 Å².